The molecule has 5 nitrogen and oxygen atoms in total. The van der Waals surface area contributed by atoms with Gasteiger partial charge >= 0.3 is 0 Å². The topological polar surface area (TPSA) is 60.7 Å². The number of carbonyl (C=O) groups excluding carboxylic acids is 1. The van der Waals surface area contributed by atoms with Crippen LogP contribution >= 0.6 is 0 Å². The number of nitrogens with zero attached hydrogens (tertiary/aromatic N) is 1. The first-order chi connectivity index (χ1) is 9.65. The van der Waals surface area contributed by atoms with Crippen LogP contribution in [0.15, 0.2) is 42.7 Å². The van der Waals surface area contributed by atoms with Crippen molar-refractivity contribution in [3.05, 3.63) is 48.3 Å². The lowest BCUT2D eigenvalue weighted by Crippen LogP contribution is -2.03. The minimum Gasteiger partial charge on any atom is -0.502 e. The highest BCUT2D eigenvalue weighted by Gasteiger charge is 2.10. The Balaban J connectivity index is 2.27. The molecule has 20 heavy (non-hydrogen) atoms. The Bertz CT molecular complexity index is 604. The van der Waals surface area contributed by atoms with Crippen molar-refractivity contribution in [3.8, 4) is 17.2 Å². The van der Waals surface area contributed by atoms with Crippen molar-refractivity contribution in [1.82, 2.24) is 4.57 Å². The summed E-state index contributed by atoms with van der Waals surface area (Å²) < 4.78 is 11.6. The minimum atomic E-state index is -0.166. The summed E-state index contributed by atoms with van der Waals surface area (Å²) in [6, 6.07) is 6.80. The van der Waals surface area contributed by atoms with Crippen molar-refractivity contribution in [2.45, 2.75) is 0 Å². The zero-order chi connectivity index (χ0) is 14.5. The summed E-state index contributed by atoms with van der Waals surface area (Å²) in [5.74, 6) is 0.347. The van der Waals surface area contributed by atoms with Gasteiger partial charge in [0.25, 0.3) is 5.91 Å². The van der Waals surface area contributed by atoms with Crippen LogP contribution in [0.4, 0.5) is 0 Å². The second-order valence-electron chi connectivity index (χ2n) is 4.04. The van der Waals surface area contributed by atoms with Crippen LogP contribution in [0.25, 0.3) is 6.08 Å². The number of hydrogen-bond acceptors (Lipinski definition) is 4. The molecule has 0 spiro atoms. The molecule has 0 fully saturated rings. The van der Waals surface area contributed by atoms with Gasteiger partial charge in [-0.3, -0.25) is 9.36 Å². The molecule has 104 valence electrons. The molecule has 5 heteroatoms. The van der Waals surface area contributed by atoms with E-state index < -0.39 is 0 Å². The predicted molar refractivity (Wildman–Crippen MR) is 75.3 cm³/mol. The number of rotatable bonds is 4. The van der Waals surface area contributed by atoms with Gasteiger partial charge in [-0.2, -0.15) is 0 Å². The van der Waals surface area contributed by atoms with Gasteiger partial charge in [-0.15, -0.1) is 0 Å². The molecule has 1 N–H and O–H groups in total. The van der Waals surface area contributed by atoms with Gasteiger partial charge in [-0.1, -0.05) is 0 Å². The number of phenols is 1. The monoisotopic (exact) mass is 273 g/mol. The molecule has 0 unspecified atom stereocenters. The van der Waals surface area contributed by atoms with Crippen molar-refractivity contribution in [1.29, 1.82) is 0 Å². The number of carbonyl (C=O) groups is 1. The molecule has 0 bridgehead atoms. The van der Waals surface area contributed by atoms with E-state index in [0.717, 1.165) is 0 Å². The highest BCUT2D eigenvalue weighted by Crippen LogP contribution is 2.37. The van der Waals surface area contributed by atoms with E-state index in [1.807, 2.05) is 0 Å². The normalized spacial score (nSPS) is 10.7. The van der Waals surface area contributed by atoms with Crippen molar-refractivity contribution >= 4 is 12.0 Å². The Labute approximate surface area is 116 Å². The zero-order valence-corrected chi connectivity index (χ0v) is 11.2. The SMILES string of the molecule is COc1cc(C=CC(=O)n2cccc2)cc(OC)c1O. The van der Waals surface area contributed by atoms with Gasteiger partial charge in [-0.25, -0.2) is 0 Å². The molecule has 1 aromatic carbocycles. The lowest BCUT2D eigenvalue weighted by molar-refractivity contribution is 0.0970. The van der Waals surface area contributed by atoms with E-state index in [4.69, 9.17) is 9.47 Å². The first-order valence-corrected chi connectivity index (χ1v) is 5.96. The smallest absolute Gasteiger partial charge is 0.254 e. The van der Waals surface area contributed by atoms with Crippen molar-refractivity contribution < 1.29 is 19.4 Å². The molecule has 2 aromatic rings. The van der Waals surface area contributed by atoms with Crippen molar-refractivity contribution in [2.75, 3.05) is 14.2 Å². The van der Waals surface area contributed by atoms with Gasteiger partial charge < -0.3 is 14.6 Å². The van der Waals surface area contributed by atoms with E-state index in [-0.39, 0.29) is 23.2 Å². The summed E-state index contributed by atoms with van der Waals surface area (Å²) in [5.41, 5.74) is 0.692. The maximum atomic E-state index is 11.8. The summed E-state index contributed by atoms with van der Waals surface area (Å²) in [6.45, 7) is 0. The maximum absolute atomic E-state index is 11.8. The summed E-state index contributed by atoms with van der Waals surface area (Å²) in [4.78, 5) is 11.8. The molecule has 0 saturated heterocycles. The van der Waals surface area contributed by atoms with E-state index in [2.05, 4.69) is 0 Å². The van der Waals surface area contributed by atoms with E-state index >= 15 is 0 Å². The van der Waals surface area contributed by atoms with Crippen LogP contribution in [-0.2, 0) is 0 Å². The highest BCUT2D eigenvalue weighted by atomic mass is 16.5. The van der Waals surface area contributed by atoms with Gasteiger partial charge in [0, 0.05) is 18.5 Å². The molecule has 0 aliphatic carbocycles. The Kier molecular flexibility index (Phi) is 4.10. The Morgan fingerprint density at radius 1 is 1.15 bits per heavy atom. The fourth-order valence-corrected chi connectivity index (χ4v) is 1.75. The Hall–Kier alpha value is -2.69. The number of hydrogen-bond donors (Lipinski definition) is 1. The van der Waals surface area contributed by atoms with Crippen LogP contribution < -0.4 is 9.47 Å². The lowest BCUT2D eigenvalue weighted by atomic mass is 10.1. The maximum Gasteiger partial charge on any atom is 0.254 e. The van der Waals surface area contributed by atoms with Crippen LogP contribution in [0.1, 0.15) is 10.4 Å². The molecular formula is C15H15NO4. The second kappa shape index (κ2) is 5.97. The van der Waals surface area contributed by atoms with Crippen molar-refractivity contribution in [3.63, 3.8) is 0 Å². The second-order valence-corrected chi connectivity index (χ2v) is 4.04. The molecule has 0 saturated carbocycles. The van der Waals surface area contributed by atoms with Gasteiger partial charge in [0.1, 0.15) is 0 Å². The van der Waals surface area contributed by atoms with Crippen LogP contribution in [0.5, 0.6) is 17.2 Å². The first kappa shape index (κ1) is 13.7. The number of ether oxygens (including phenoxy) is 2. The first-order valence-electron chi connectivity index (χ1n) is 5.96. The molecule has 0 amide bonds. The van der Waals surface area contributed by atoms with Gasteiger partial charge in [0.15, 0.2) is 11.5 Å². The van der Waals surface area contributed by atoms with Crippen LogP contribution in [0.2, 0.25) is 0 Å². The van der Waals surface area contributed by atoms with Gasteiger partial charge in [-0.05, 0) is 35.9 Å². The largest absolute Gasteiger partial charge is 0.502 e. The third-order valence-electron chi connectivity index (χ3n) is 2.78. The summed E-state index contributed by atoms with van der Waals surface area (Å²) in [5, 5.41) is 9.80. The lowest BCUT2D eigenvalue weighted by Gasteiger charge is -2.09. The summed E-state index contributed by atoms with van der Waals surface area (Å²) in [6.07, 6.45) is 6.41. The number of methoxy groups -OCH3 is 2. The standard InChI is InChI=1S/C15H15NO4/c1-19-12-9-11(10-13(20-2)15(12)18)5-6-14(17)16-7-3-4-8-16/h3-10,18H,1-2H3. The number of allylic oxidation sites excluding steroid dienone is 1. The molecule has 0 radical (unpaired) electrons. The van der Waals surface area contributed by atoms with Gasteiger partial charge in [0.05, 0.1) is 14.2 Å². The summed E-state index contributed by atoms with van der Waals surface area (Å²) in [7, 11) is 2.90. The van der Waals surface area contributed by atoms with E-state index in [0.29, 0.717) is 5.56 Å². The van der Waals surface area contributed by atoms with E-state index in [1.54, 1.807) is 42.7 Å². The number of aromatic nitrogens is 1. The Morgan fingerprint density at radius 3 is 2.20 bits per heavy atom. The third-order valence-corrected chi connectivity index (χ3v) is 2.78. The predicted octanol–water partition coefficient (Wildman–Crippen LogP) is 2.56. The quantitative estimate of drug-likeness (QED) is 0.870. The average molecular weight is 273 g/mol. The molecule has 2 rings (SSSR count). The van der Waals surface area contributed by atoms with Crippen LogP contribution in [0, 0.1) is 0 Å². The average Bonchev–Trinajstić information content (AvgIpc) is 3.00. The highest BCUT2D eigenvalue weighted by molar-refractivity contribution is 5.93. The Morgan fingerprint density at radius 2 is 1.70 bits per heavy atom. The van der Waals surface area contributed by atoms with E-state index in [1.165, 1.54) is 24.9 Å². The zero-order valence-electron chi connectivity index (χ0n) is 11.2. The number of aromatic hydroxyl groups is 1. The van der Waals surface area contributed by atoms with Crippen LogP contribution in [0.3, 0.4) is 0 Å². The minimum absolute atomic E-state index is 0.0658. The van der Waals surface area contributed by atoms with Gasteiger partial charge in [0.2, 0.25) is 5.75 Å². The van der Waals surface area contributed by atoms with Crippen LogP contribution in [-0.4, -0.2) is 29.8 Å². The third kappa shape index (κ3) is 2.83. The summed E-state index contributed by atoms with van der Waals surface area (Å²) >= 11 is 0. The number of phenolic OH excluding ortho intramolecular Hbond substituents is 1. The molecule has 1 aromatic heterocycles. The fourth-order valence-electron chi connectivity index (χ4n) is 1.75. The molecule has 0 aliphatic rings. The molecular weight excluding hydrogens is 258 g/mol. The molecule has 0 atom stereocenters. The van der Waals surface area contributed by atoms with E-state index in [9.17, 15) is 9.90 Å². The number of benzene rings is 1. The molecule has 1 heterocycles. The molecule has 0 aliphatic heterocycles. The van der Waals surface area contributed by atoms with Crippen molar-refractivity contribution in [2.24, 2.45) is 0 Å². The fraction of sp³-hybridized carbons (Fsp3) is 0.133.